The standard InChI is InChI=1S/C18H26N2O3S/c1-18(2,3)10-6-7-11-13(9-10)24-17(14(11)15(19)21)20-16(22)12-5-4-8-23-12/h10,12H,4-9H2,1-3H3,(H2,19,21)(H,20,22)/t10-,12+/m1/s1. The van der Waals surface area contributed by atoms with Crippen LogP contribution in [-0.2, 0) is 22.4 Å². The van der Waals surface area contributed by atoms with Crippen molar-refractivity contribution in [1.82, 2.24) is 0 Å². The zero-order valence-electron chi connectivity index (χ0n) is 14.6. The van der Waals surface area contributed by atoms with Crippen LogP contribution in [0.4, 0.5) is 5.00 Å². The summed E-state index contributed by atoms with van der Waals surface area (Å²) in [6.45, 7) is 7.39. The van der Waals surface area contributed by atoms with Crippen molar-refractivity contribution in [3.05, 3.63) is 16.0 Å². The van der Waals surface area contributed by atoms with Crippen molar-refractivity contribution in [2.75, 3.05) is 11.9 Å². The summed E-state index contributed by atoms with van der Waals surface area (Å²) in [5, 5.41) is 3.50. The lowest BCUT2D eigenvalue weighted by Gasteiger charge is -2.33. The molecule has 1 aliphatic heterocycles. The van der Waals surface area contributed by atoms with E-state index in [1.807, 2.05) is 0 Å². The summed E-state index contributed by atoms with van der Waals surface area (Å²) >= 11 is 1.51. The number of ether oxygens (including phenoxy) is 1. The van der Waals surface area contributed by atoms with Gasteiger partial charge >= 0.3 is 0 Å². The fourth-order valence-electron chi connectivity index (χ4n) is 3.65. The first kappa shape index (κ1) is 17.4. The largest absolute Gasteiger partial charge is 0.368 e. The highest BCUT2D eigenvalue weighted by molar-refractivity contribution is 7.17. The Hall–Kier alpha value is -1.40. The third-order valence-corrected chi connectivity index (χ3v) is 6.37. The van der Waals surface area contributed by atoms with Crippen molar-refractivity contribution < 1.29 is 14.3 Å². The maximum Gasteiger partial charge on any atom is 0.254 e. The van der Waals surface area contributed by atoms with Gasteiger partial charge in [-0.1, -0.05) is 20.8 Å². The van der Waals surface area contributed by atoms with E-state index in [9.17, 15) is 9.59 Å². The number of carbonyl (C=O) groups is 2. The van der Waals surface area contributed by atoms with Gasteiger partial charge in [0.2, 0.25) is 0 Å². The van der Waals surface area contributed by atoms with Gasteiger partial charge in [-0.3, -0.25) is 9.59 Å². The fourth-order valence-corrected chi connectivity index (χ4v) is 4.99. The second-order valence-corrected chi connectivity index (χ2v) is 8.97. The number of primary amides is 1. The van der Waals surface area contributed by atoms with E-state index in [0.29, 0.717) is 23.1 Å². The Balaban J connectivity index is 1.86. The van der Waals surface area contributed by atoms with E-state index in [1.54, 1.807) is 0 Å². The molecule has 0 saturated carbocycles. The molecule has 1 fully saturated rings. The molecule has 1 aliphatic carbocycles. The fraction of sp³-hybridized carbons (Fsp3) is 0.667. The van der Waals surface area contributed by atoms with Gasteiger partial charge in [-0.2, -0.15) is 0 Å². The van der Waals surface area contributed by atoms with Crippen LogP contribution in [0.2, 0.25) is 0 Å². The maximum absolute atomic E-state index is 12.3. The van der Waals surface area contributed by atoms with Crippen LogP contribution in [0.3, 0.4) is 0 Å². The number of nitrogens with two attached hydrogens (primary N) is 1. The average Bonchev–Trinajstić information content (AvgIpc) is 3.12. The number of anilines is 1. The van der Waals surface area contributed by atoms with E-state index < -0.39 is 12.0 Å². The lowest BCUT2D eigenvalue weighted by Crippen LogP contribution is -2.28. The molecule has 3 N–H and O–H groups in total. The van der Waals surface area contributed by atoms with E-state index in [4.69, 9.17) is 10.5 Å². The molecule has 6 heteroatoms. The Kier molecular flexibility index (Phi) is 4.71. The minimum Gasteiger partial charge on any atom is -0.368 e. The average molecular weight is 350 g/mol. The summed E-state index contributed by atoms with van der Waals surface area (Å²) in [4.78, 5) is 25.5. The highest BCUT2D eigenvalue weighted by atomic mass is 32.1. The van der Waals surface area contributed by atoms with Crippen molar-refractivity contribution in [2.45, 2.75) is 59.0 Å². The molecule has 2 amide bonds. The summed E-state index contributed by atoms with van der Waals surface area (Å²) in [6.07, 6.45) is 4.06. The molecule has 2 heterocycles. The second-order valence-electron chi connectivity index (χ2n) is 7.87. The van der Waals surface area contributed by atoms with Crippen LogP contribution in [-0.4, -0.2) is 24.5 Å². The van der Waals surface area contributed by atoms with Crippen LogP contribution in [0.25, 0.3) is 0 Å². The highest BCUT2D eigenvalue weighted by Gasteiger charge is 2.34. The predicted molar refractivity (Wildman–Crippen MR) is 95.4 cm³/mol. The van der Waals surface area contributed by atoms with Gasteiger partial charge in [0, 0.05) is 11.5 Å². The minimum absolute atomic E-state index is 0.166. The number of rotatable bonds is 3. The molecule has 24 heavy (non-hydrogen) atoms. The first-order valence-electron chi connectivity index (χ1n) is 8.64. The van der Waals surface area contributed by atoms with Gasteiger partial charge in [0.15, 0.2) is 0 Å². The van der Waals surface area contributed by atoms with Gasteiger partial charge in [-0.05, 0) is 49.0 Å². The van der Waals surface area contributed by atoms with E-state index in [-0.39, 0.29) is 11.3 Å². The Morgan fingerprint density at radius 1 is 1.29 bits per heavy atom. The summed E-state index contributed by atoms with van der Waals surface area (Å²) in [6, 6.07) is 0. The number of hydrogen-bond acceptors (Lipinski definition) is 4. The lowest BCUT2D eigenvalue weighted by atomic mass is 9.72. The van der Waals surface area contributed by atoms with E-state index in [0.717, 1.165) is 37.7 Å². The van der Waals surface area contributed by atoms with Gasteiger partial charge in [0.1, 0.15) is 11.1 Å². The number of carbonyl (C=O) groups excluding carboxylic acids is 2. The Morgan fingerprint density at radius 3 is 2.62 bits per heavy atom. The quantitative estimate of drug-likeness (QED) is 0.879. The van der Waals surface area contributed by atoms with Gasteiger partial charge in [0.25, 0.3) is 11.8 Å². The molecule has 0 bridgehead atoms. The van der Waals surface area contributed by atoms with Crippen LogP contribution < -0.4 is 11.1 Å². The zero-order valence-corrected chi connectivity index (χ0v) is 15.4. The Morgan fingerprint density at radius 2 is 2.04 bits per heavy atom. The number of thiophene rings is 1. The number of hydrogen-bond donors (Lipinski definition) is 2. The molecule has 1 aromatic heterocycles. The maximum atomic E-state index is 12.3. The summed E-state index contributed by atoms with van der Waals surface area (Å²) < 4.78 is 5.43. The van der Waals surface area contributed by atoms with Crippen LogP contribution >= 0.6 is 11.3 Å². The van der Waals surface area contributed by atoms with Crippen molar-refractivity contribution in [3.8, 4) is 0 Å². The highest BCUT2D eigenvalue weighted by Crippen LogP contribution is 2.44. The number of fused-ring (bicyclic) bond motifs is 1. The van der Waals surface area contributed by atoms with E-state index in [2.05, 4.69) is 26.1 Å². The first-order chi connectivity index (χ1) is 11.3. The molecule has 1 aromatic rings. The molecular weight excluding hydrogens is 324 g/mol. The first-order valence-corrected chi connectivity index (χ1v) is 9.46. The van der Waals surface area contributed by atoms with Crippen molar-refractivity contribution in [1.29, 1.82) is 0 Å². The summed E-state index contributed by atoms with van der Waals surface area (Å²) in [5.41, 5.74) is 7.40. The molecule has 2 atom stereocenters. The molecule has 0 aromatic carbocycles. The van der Waals surface area contributed by atoms with Crippen molar-refractivity contribution in [3.63, 3.8) is 0 Å². The summed E-state index contributed by atoms with van der Waals surface area (Å²) in [7, 11) is 0. The van der Waals surface area contributed by atoms with Crippen molar-refractivity contribution >= 4 is 28.2 Å². The van der Waals surface area contributed by atoms with E-state index in [1.165, 1.54) is 16.2 Å². The van der Waals surface area contributed by atoms with Crippen LogP contribution in [0, 0.1) is 11.3 Å². The van der Waals surface area contributed by atoms with Crippen LogP contribution in [0.5, 0.6) is 0 Å². The monoisotopic (exact) mass is 350 g/mol. The molecule has 132 valence electrons. The molecule has 5 nitrogen and oxygen atoms in total. The lowest BCUT2D eigenvalue weighted by molar-refractivity contribution is -0.124. The molecule has 3 rings (SSSR count). The second kappa shape index (κ2) is 6.48. The zero-order chi connectivity index (χ0) is 17.5. The van der Waals surface area contributed by atoms with Crippen LogP contribution in [0.1, 0.15) is 60.8 Å². The topological polar surface area (TPSA) is 81.4 Å². The molecular formula is C18H26N2O3S. The molecule has 1 saturated heterocycles. The third kappa shape index (κ3) is 3.35. The molecule has 2 aliphatic rings. The van der Waals surface area contributed by atoms with Gasteiger partial charge in [-0.15, -0.1) is 11.3 Å². The number of amides is 2. The van der Waals surface area contributed by atoms with Gasteiger partial charge in [-0.25, -0.2) is 0 Å². The molecule has 0 spiro atoms. The van der Waals surface area contributed by atoms with Crippen LogP contribution in [0.15, 0.2) is 0 Å². The minimum atomic E-state index is -0.454. The van der Waals surface area contributed by atoms with Gasteiger partial charge < -0.3 is 15.8 Å². The van der Waals surface area contributed by atoms with E-state index >= 15 is 0 Å². The predicted octanol–water partition coefficient (Wildman–Crippen LogP) is 3.12. The SMILES string of the molecule is CC(C)(C)[C@@H]1CCc2c(sc(NC(=O)[C@@H]3CCCO3)c2C(N)=O)C1. The normalized spacial score (nSPS) is 23.8. The third-order valence-electron chi connectivity index (χ3n) is 5.20. The summed E-state index contributed by atoms with van der Waals surface area (Å²) in [5.74, 6) is -0.0450. The smallest absolute Gasteiger partial charge is 0.254 e. The Bertz CT molecular complexity index is 654. The number of nitrogens with one attached hydrogen (secondary N) is 1. The van der Waals surface area contributed by atoms with Gasteiger partial charge in [0.05, 0.1) is 5.56 Å². The molecule has 0 radical (unpaired) electrons. The molecule has 0 unspecified atom stereocenters. The Labute approximate surface area is 146 Å². The van der Waals surface area contributed by atoms with Crippen molar-refractivity contribution in [2.24, 2.45) is 17.1 Å².